The molecule has 0 saturated carbocycles. The van der Waals surface area contributed by atoms with Gasteiger partial charge in [0.2, 0.25) is 5.36 Å². The van der Waals surface area contributed by atoms with Crippen molar-refractivity contribution >= 4 is 22.6 Å². The van der Waals surface area contributed by atoms with Crippen molar-refractivity contribution in [2.45, 2.75) is 19.8 Å². The van der Waals surface area contributed by atoms with Gasteiger partial charge in [-0.2, -0.15) is 0 Å². The van der Waals surface area contributed by atoms with Crippen LogP contribution in [-0.2, 0) is 0 Å². The summed E-state index contributed by atoms with van der Waals surface area (Å²) in [7, 11) is 0. The Morgan fingerprint density at radius 3 is 2.46 bits per heavy atom. The Hall–Kier alpha value is -2.06. The summed E-state index contributed by atoms with van der Waals surface area (Å²) in [6.07, 6.45) is 2.49. The predicted octanol–water partition coefficient (Wildman–Crippen LogP) is 4.96. The predicted molar refractivity (Wildman–Crippen MR) is 100 cm³/mol. The summed E-state index contributed by atoms with van der Waals surface area (Å²) in [5.74, 6) is 1.70. The average Bonchev–Trinajstić information content (AvgIpc) is 2.62. The number of nitrogens with zero attached hydrogens (tertiary/aromatic N) is 1. The molecule has 1 aliphatic rings. The van der Waals surface area contributed by atoms with Crippen LogP contribution >= 0.6 is 11.6 Å². The molecule has 0 atom stereocenters. The Balaban J connectivity index is 1.95. The molecule has 2 nitrogen and oxygen atoms in total. The Labute approximate surface area is 147 Å². The van der Waals surface area contributed by atoms with Crippen molar-refractivity contribution < 1.29 is 4.42 Å². The van der Waals surface area contributed by atoms with Gasteiger partial charge in [0.15, 0.2) is 0 Å². The van der Waals surface area contributed by atoms with Gasteiger partial charge in [-0.15, -0.1) is 0 Å². The molecule has 1 aromatic heterocycles. The van der Waals surface area contributed by atoms with Crippen molar-refractivity contribution in [1.82, 2.24) is 4.58 Å². The maximum atomic E-state index is 6.17. The first kappa shape index (κ1) is 15.5. The van der Waals surface area contributed by atoms with Crippen LogP contribution in [0.25, 0.3) is 22.3 Å². The first-order chi connectivity index (χ1) is 11.7. The van der Waals surface area contributed by atoms with Gasteiger partial charge >= 0.3 is 0 Å². The highest BCUT2D eigenvalue weighted by Crippen LogP contribution is 2.24. The van der Waals surface area contributed by atoms with Crippen LogP contribution in [-0.4, -0.2) is 13.1 Å². The molecule has 0 N–H and O–H groups in total. The lowest BCUT2D eigenvalue weighted by Crippen LogP contribution is -2.37. The van der Waals surface area contributed by atoms with E-state index >= 15 is 0 Å². The van der Waals surface area contributed by atoms with Crippen LogP contribution in [0.3, 0.4) is 0 Å². The van der Waals surface area contributed by atoms with Crippen molar-refractivity contribution in [3.63, 3.8) is 0 Å². The van der Waals surface area contributed by atoms with E-state index < -0.39 is 0 Å². The summed E-state index contributed by atoms with van der Waals surface area (Å²) in [6, 6.07) is 18.3. The lowest BCUT2D eigenvalue weighted by atomic mass is 10.00. The highest BCUT2D eigenvalue weighted by atomic mass is 35.5. The van der Waals surface area contributed by atoms with E-state index in [-0.39, 0.29) is 0 Å². The number of fused-ring (bicyclic) bond motifs is 1. The van der Waals surface area contributed by atoms with Gasteiger partial charge in [0.25, 0.3) is 0 Å². The Morgan fingerprint density at radius 1 is 1.00 bits per heavy atom. The molecule has 2 heterocycles. The second-order valence-electron chi connectivity index (χ2n) is 6.67. The quantitative estimate of drug-likeness (QED) is 0.573. The monoisotopic (exact) mass is 338 g/mol. The van der Waals surface area contributed by atoms with Crippen molar-refractivity contribution in [2.24, 2.45) is 5.92 Å². The smallest absolute Gasteiger partial charge is 0.214 e. The van der Waals surface area contributed by atoms with Crippen LogP contribution in [0.15, 0.2) is 59.0 Å². The fourth-order valence-corrected chi connectivity index (χ4v) is 3.51. The molecule has 4 rings (SSSR count). The van der Waals surface area contributed by atoms with Gasteiger partial charge in [0.1, 0.15) is 24.4 Å². The molecule has 0 spiro atoms. The van der Waals surface area contributed by atoms with E-state index in [1.54, 1.807) is 0 Å². The van der Waals surface area contributed by atoms with E-state index in [1.807, 2.05) is 36.4 Å². The highest BCUT2D eigenvalue weighted by Gasteiger charge is 2.20. The molecular weight excluding hydrogens is 318 g/mol. The molecular formula is C21H21ClNO+. The summed E-state index contributed by atoms with van der Waals surface area (Å²) in [5.41, 5.74) is 1.98. The molecule has 0 bridgehead atoms. The molecule has 0 aliphatic carbocycles. The van der Waals surface area contributed by atoms with Gasteiger partial charge in [-0.05, 0) is 42.3 Å². The van der Waals surface area contributed by atoms with Crippen LogP contribution in [0.5, 0.6) is 0 Å². The molecule has 1 saturated heterocycles. The van der Waals surface area contributed by atoms with Gasteiger partial charge in [0, 0.05) is 23.4 Å². The highest BCUT2D eigenvalue weighted by molar-refractivity contribution is 6.30. The molecule has 2 aromatic carbocycles. The zero-order valence-electron chi connectivity index (χ0n) is 13.8. The number of hydrogen-bond acceptors (Lipinski definition) is 1. The Kier molecular flexibility index (Phi) is 4.15. The summed E-state index contributed by atoms with van der Waals surface area (Å²) < 4.78 is 8.67. The lowest BCUT2D eigenvalue weighted by Gasteiger charge is -2.16. The molecule has 3 aromatic rings. The topological polar surface area (TPSA) is 16.1 Å². The molecule has 0 unspecified atom stereocenters. The number of halogens is 1. The fraction of sp³-hybridized carbons (Fsp3) is 0.286. The van der Waals surface area contributed by atoms with Gasteiger partial charge in [0.05, 0.1) is 11.5 Å². The van der Waals surface area contributed by atoms with Crippen LogP contribution in [0, 0.1) is 5.92 Å². The Morgan fingerprint density at radius 2 is 1.71 bits per heavy atom. The first-order valence-electron chi connectivity index (χ1n) is 8.57. The van der Waals surface area contributed by atoms with Crippen molar-refractivity contribution in [3.05, 3.63) is 65.0 Å². The molecule has 0 amide bonds. The number of hydrogen-bond donors (Lipinski definition) is 0. The number of benzene rings is 2. The van der Waals surface area contributed by atoms with Crippen LogP contribution in [0.2, 0.25) is 5.02 Å². The van der Waals surface area contributed by atoms with Gasteiger partial charge in [-0.3, -0.25) is 0 Å². The van der Waals surface area contributed by atoms with Crippen molar-refractivity contribution in [1.29, 1.82) is 0 Å². The minimum Gasteiger partial charge on any atom is -0.456 e. The van der Waals surface area contributed by atoms with E-state index in [4.69, 9.17) is 16.0 Å². The Bertz CT molecular complexity index is 930. The first-order valence-corrected chi connectivity index (χ1v) is 8.95. The van der Waals surface area contributed by atoms with Gasteiger partial charge < -0.3 is 4.42 Å². The summed E-state index contributed by atoms with van der Waals surface area (Å²) in [4.78, 5) is 0. The summed E-state index contributed by atoms with van der Waals surface area (Å²) >= 11 is 6.02. The van der Waals surface area contributed by atoms with Crippen LogP contribution in [0.4, 0.5) is 0 Å². The zero-order valence-corrected chi connectivity index (χ0v) is 14.6. The van der Waals surface area contributed by atoms with Crippen LogP contribution < -0.4 is 9.93 Å². The normalized spacial score (nSPS) is 18.1. The van der Waals surface area contributed by atoms with E-state index in [0.717, 1.165) is 40.9 Å². The maximum Gasteiger partial charge on any atom is 0.214 e. The summed E-state index contributed by atoms with van der Waals surface area (Å²) in [6.45, 7) is 4.55. The molecule has 3 heteroatoms. The maximum absolute atomic E-state index is 6.17. The minimum absolute atomic E-state index is 0.741. The third-order valence-corrected chi connectivity index (χ3v) is 5.16. The van der Waals surface area contributed by atoms with Crippen molar-refractivity contribution in [3.8, 4) is 11.3 Å². The molecule has 122 valence electrons. The minimum atomic E-state index is 0.741. The largest absolute Gasteiger partial charge is 0.456 e. The number of para-hydroxylation sites is 1. The second kappa shape index (κ2) is 6.45. The van der Waals surface area contributed by atoms with Gasteiger partial charge in [-0.25, -0.2) is 4.58 Å². The average molecular weight is 339 g/mol. The van der Waals surface area contributed by atoms with Crippen molar-refractivity contribution in [2.75, 3.05) is 13.1 Å². The SMILES string of the molecule is CC1CC[N+](=c2cc(-c3ccc(Cl)cc3)oc3ccccc23)CC1. The van der Waals surface area contributed by atoms with E-state index in [2.05, 4.69) is 29.7 Å². The molecule has 1 aliphatic heterocycles. The van der Waals surface area contributed by atoms with E-state index in [9.17, 15) is 0 Å². The summed E-state index contributed by atoms with van der Waals surface area (Å²) in [5, 5.41) is 3.20. The van der Waals surface area contributed by atoms with E-state index in [0.29, 0.717) is 0 Å². The fourth-order valence-electron chi connectivity index (χ4n) is 3.38. The zero-order chi connectivity index (χ0) is 16.5. The van der Waals surface area contributed by atoms with Gasteiger partial charge in [-0.1, -0.05) is 30.7 Å². The standard InChI is InChI=1S/C21H21ClNO/c1-15-10-12-23(13-11-15)19-14-21(16-6-8-17(22)9-7-16)24-20-5-3-2-4-18(19)20/h2-9,14-15H,10-13H2,1H3/q+1. The third-order valence-electron chi connectivity index (χ3n) is 4.90. The second-order valence-corrected chi connectivity index (χ2v) is 7.10. The molecule has 1 fully saturated rings. The van der Waals surface area contributed by atoms with Crippen LogP contribution in [0.1, 0.15) is 19.8 Å². The number of rotatable bonds is 1. The van der Waals surface area contributed by atoms with E-state index in [1.165, 1.54) is 23.6 Å². The number of piperidine rings is 1. The third kappa shape index (κ3) is 2.99. The molecule has 0 radical (unpaired) electrons. The molecule has 24 heavy (non-hydrogen) atoms. The lowest BCUT2D eigenvalue weighted by molar-refractivity contribution is 0.360.